The molecule has 0 heterocycles. The highest BCUT2D eigenvalue weighted by Gasteiger charge is 2.28. The average molecular weight is 209 g/mol. The monoisotopic (exact) mass is 209 g/mol. The Morgan fingerprint density at radius 2 is 2.07 bits per heavy atom. The van der Waals surface area contributed by atoms with Gasteiger partial charge in [-0.15, -0.1) is 0 Å². The van der Waals surface area contributed by atoms with Gasteiger partial charge in [0.2, 0.25) is 0 Å². The van der Waals surface area contributed by atoms with E-state index in [0.29, 0.717) is 12.1 Å². The van der Waals surface area contributed by atoms with Gasteiger partial charge in [-0.25, -0.2) is 4.65 Å². The van der Waals surface area contributed by atoms with Gasteiger partial charge < -0.3 is 9.94 Å². The third-order valence-electron chi connectivity index (χ3n) is 2.36. The van der Waals surface area contributed by atoms with Crippen LogP contribution in [0.25, 0.3) is 0 Å². The van der Waals surface area contributed by atoms with Gasteiger partial charge in [-0.1, -0.05) is 25.1 Å². The van der Waals surface area contributed by atoms with E-state index in [2.05, 4.69) is 4.74 Å². The van der Waals surface area contributed by atoms with Crippen LogP contribution in [0.3, 0.4) is 0 Å². The summed E-state index contributed by atoms with van der Waals surface area (Å²) in [5, 5.41) is 12.1. The number of carbonyl (C=O) groups excluding carboxylic acids is 1. The van der Waals surface area contributed by atoms with Gasteiger partial charge >= 0.3 is 6.09 Å². The Morgan fingerprint density at radius 3 is 2.60 bits per heavy atom. The quantitative estimate of drug-likeness (QED) is 0.555. The fourth-order valence-corrected chi connectivity index (χ4v) is 1.50. The van der Waals surface area contributed by atoms with Crippen molar-refractivity contribution in [1.29, 1.82) is 0 Å². The van der Waals surface area contributed by atoms with Crippen LogP contribution in [-0.4, -0.2) is 20.3 Å². The van der Waals surface area contributed by atoms with Gasteiger partial charge in [-0.2, -0.15) is 4.79 Å². The molecule has 0 aliphatic carbocycles. The van der Waals surface area contributed by atoms with Crippen molar-refractivity contribution in [2.75, 3.05) is 14.2 Å². The smallest absolute Gasteiger partial charge is 0.520 e. The molecule has 0 radical (unpaired) electrons. The van der Waals surface area contributed by atoms with Gasteiger partial charge in [0.15, 0.2) is 0 Å². The lowest BCUT2D eigenvalue weighted by molar-refractivity contribution is 0.147. The molecule has 0 bridgehead atoms. The van der Waals surface area contributed by atoms with Crippen molar-refractivity contribution in [1.82, 2.24) is 4.65 Å². The summed E-state index contributed by atoms with van der Waals surface area (Å²) in [5.41, 5.74) is 1.30. The van der Waals surface area contributed by atoms with Crippen molar-refractivity contribution in [3.63, 3.8) is 0 Å². The first-order valence-corrected chi connectivity index (χ1v) is 4.78. The number of nitrogens with zero attached hydrogens (tertiary/aromatic N) is 1. The summed E-state index contributed by atoms with van der Waals surface area (Å²) < 4.78 is 3.37. The van der Waals surface area contributed by atoms with Crippen LogP contribution >= 0.6 is 0 Å². The van der Waals surface area contributed by atoms with E-state index in [1.807, 2.05) is 19.1 Å². The summed E-state index contributed by atoms with van der Waals surface area (Å²) in [6, 6.07) is 7.08. The summed E-state index contributed by atoms with van der Waals surface area (Å²) in [4.78, 5) is 11.3. The molecule has 0 aliphatic rings. The minimum atomic E-state index is -1.12. The zero-order valence-electron chi connectivity index (χ0n) is 9.19. The highest BCUT2D eigenvalue weighted by molar-refractivity contribution is 5.83. The number of methoxy groups -OCH3 is 1. The number of hydrogen-bond donors (Lipinski definition) is 0. The van der Waals surface area contributed by atoms with Gasteiger partial charge in [-0.05, 0) is 6.42 Å². The Morgan fingerprint density at radius 1 is 1.47 bits per heavy atom. The Bertz CT molecular complexity index is 361. The molecule has 0 spiro atoms. The number of para-hydroxylation sites is 1. The van der Waals surface area contributed by atoms with Gasteiger partial charge in [0.1, 0.15) is 5.69 Å². The number of carbonyl (C=O) groups is 1. The molecule has 0 saturated heterocycles. The molecule has 1 unspecified atom stereocenters. The summed E-state index contributed by atoms with van der Waals surface area (Å²) in [7, 11) is 2.49. The maximum absolute atomic E-state index is 12.1. The minimum absolute atomic E-state index is 0.437. The molecule has 0 fully saturated rings. The topological polar surface area (TPSA) is 49.4 Å². The molecule has 15 heavy (non-hydrogen) atoms. The summed E-state index contributed by atoms with van der Waals surface area (Å²) in [6.45, 7) is 1.94. The molecule has 82 valence electrons. The van der Waals surface area contributed by atoms with Gasteiger partial charge in [0.05, 0.1) is 14.2 Å². The van der Waals surface area contributed by atoms with E-state index < -0.39 is 10.7 Å². The van der Waals surface area contributed by atoms with Gasteiger partial charge in [0.25, 0.3) is 0 Å². The molecule has 1 rings (SSSR count). The minimum Gasteiger partial charge on any atom is -0.617 e. The Balaban J connectivity index is 3.19. The Hall–Kier alpha value is -1.39. The third-order valence-corrected chi connectivity index (χ3v) is 2.36. The fourth-order valence-electron chi connectivity index (χ4n) is 1.50. The summed E-state index contributed by atoms with van der Waals surface area (Å²) >= 11 is 0. The van der Waals surface area contributed by atoms with E-state index in [9.17, 15) is 10.0 Å². The van der Waals surface area contributed by atoms with E-state index in [1.54, 1.807) is 12.1 Å². The molecule has 1 amide bonds. The first-order chi connectivity index (χ1) is 7.04. The molecule has 0 aromatic heterocycles. The van der Waals surface area contributed by atoms with Crippen LogP contribution < -0.4 is 4.65 Å². The number of benzene rings is 1. The fraction of sp³-hybridized carbons (Fsp3) is 0.364. The number of hydrogen-bond acceptors (Lipinski definition) is 3. The van der Waals surface area contributed by atoms with Gasteiger partial charge in [-0.3, -0.25) is 0 Å². The normalized spacial score (nSPS) is 14.4. The highest BCUT2D eigenvalue weighted by atomic mass is 16.6. The summed E-state index contributed by atoms with van der Waals surface area (Å²) in [5.74, 6) is 0. The molecule has 1 atom stereocenters. The maximum atomic E-state index is 12.1. The predicted octanol–water partition coefficient (Wildman–Crippen LogP) is 2.45. The number of rotatable bonds is 2. The number of quaternary nitrogens is 1. The van der Waals surface area contributed by atoms with Crippen LogP contribution in [0.2, 0.25) is 0 Å². The molecular formula is C11H15NO3. The van der Waals surface area contributed by atoms with E-state index in [1.165, 1.54) is 14.2 Å². The van der Waals surface area contributed by atoms with Crippen LogP contribution in [0.4, 0.5) is 10.5 Å². The van der Waals surface area contributed by atoms with E-state index >= 15 is 0 Å². The van der Waals surface area contributed by atoms with Crippen molar-refractivity contribution in [3.8, 4) is 0 Å². The lowest BCUT2D eigenvalue weighted by atomic mass is 10.1. The second-order valence-corrected chi connectivity index (χ2v) is 3.38. The standard InChI is InChI=1S/C11H15NO3/c1-4-9-7-5-6-8-10(9)12(2,14)11(13)15-3/h5-8H,4H2,1-3H3. The number of ether oxygens (including phenoxy) is 1. The number of amides is 1. The van der Waals surface area contributed by atoms with Crippen LogP contribution in [0.1, 0.15) is 12.5 Å². The molecule has 1 aromatic rings. The maximum Gasteiger partial charge on any atom is 0.520 e. The van der Waals surface area contributed by atoms with E-state index in [4.69, 9.17) is 0 Å². The first kappa shape index (κ1) is 11.7. The SMILES string of the molecule is CCc1ccccc1[N+](C)([O-])C(=O)OC. The second kappa shape index (κ2) is 4.42. The third kappa shape index (κ3) is 2.16. The molecule has 0 saturated carbocycles. The molecule has 0 N–H and O–H groups in total. The largest absolute Gasteiger partial charge is 0.617 e. The second-order valence-electron chi connectivity index (χ2n) is 3.38. The Kier molecular flexibility index (Phi) is 3.44. The molecule has 1 aromatic carbocycles. The average Bonchev–Trinajstić information content (AvgIpc) is 2.27. The van der Waals surface area contributed by atoms with Crippen molar-refractivity contribution in [3.05, 3.63) is 35.0 Å². The van der Waals surface area contributed by atoms with Gasteiger partial charge in [0, 0.05) is 11.6 Å². The molecule has 4 heteroatoms. The van der Waals surface area contributed by atoms with E-state index in [0.717, 1.165) is 5.56 Å². The summed E-state index contributed by atoms with van der Waals surface area (Å²) in [6.07, 6.45) is -0.0978. The lowest BCUT2D eigenvalue weighted by Crippen LogP contribution is -2.45. The van der Waals surface area contributed by atoms with Crippen molar-refractivity contribution in [2.24, 2.45) is 0 Å². The zero-order chi connectivity index (χ0) is 11.5. The van der Waals surface area contributed by atoms with E-state index in [-0.39, 0.29) is 0 Å². The van der Waals surface area contributed by atoms with Crippen molar-refractivity contribution in [2.45, 2.75) is 13.3 Å². The predicted molar refractivity (Wildman–Crippen MR) is 59.3 cm³/mol. The lowest BCUT2D eigenvalue weighted by Gasteiger charge is -2.33. The zero-order valence-corrected chi connectivity index (χ0v) is 9.19. The van der Waals surface area contributed by atoms with Crippen LogP contribution in [-0.2, 0) is 11.2 Å². The molecule has 0 aliphatic heterocycles. The first-order valence-electron chi connectivity index (χ1n) is 4.78. The van der Waals surface area contributed by atoms with Crippen LogP contribution in [0.5, 0.6) is 0 Å². The van der Waals surface area contributed by atoms with Crippen LogP contribution in [0.15, 0.2) is 24.3 Å². The molecule has 4 nitrogen and oxygen atoms in total. The highest BCUT2D eigenvalue weighted by Crippen LogP contribution is 2.26. The van der Waals surface area contributed by atoms with Crippen molar-refractivity contribution < 1.29 is 9.53 Å². The Labute approximate surface area is 89.2 Å². The number of hydroxylamine groups is 2. The molecular weight excluding hydrogens is 194 g/mol. The number of aryl methyl sites for hydroxylation is 1. The van der Waals surface area contributed by atoms with Crippen molar-refractivity contribution >= 4 is 11.8 Å². The van der Waals surface area contributed by atoms with Crippen LogP contribution in [0, 0.1) is 5.21 Å².